The molecule has 0 aliphatic carbocycles. The van der Waals surface area contributed by atoms with E-state index in [1.165, 1.54) is 16.5 Å². The Morgan fingerprint density at radius 1 is 1.00 bits per heavy atom. The number of benzene rings is 2. The zero-order valence-corrected chi connectivity index (χ0v) is 12.4. The van der Waals surface area contributed by atoms with E-state index in [-0.39, 0.29) is 0 Å². The van der Waals surface area contributed by atoms with Crippen LogP contribution < -0.4 is 5.32 Å². The minimum Gasteiger partial charge on any atom is -0.464 e. The van der Waals surface area contributed by atoms with Gasteiger partial charge in [0, 0.05) is 17.0 Å². The Balaban J connectivity index is 1.68. The van der Waals surface area contributed by atoms with Gasteiger partial charge in [-0.2, -0.15) is 0 Å². The fourth-order valence-electron chi connectivity index (χ4n) is 2.88. The van der Waals surface area contributed by atoms with Gasteiger partial charge in [-0.1, -0.05) is 48.5 Å². The largest absolute Gasteiger partial charge is 0.464 e. The molecule has 0 saturated heterocycles. The summed E-state index contributed by atoms with van der Waals surface area (Å²) in [6.07, 6.45) is 5.28. The predicted molar refractivity (Wildman–Crippen MR) is 87.4 cm³/mol. The van der Waals surface area contributed by atoms with Crippen LogP contribution >= 0.6 is 0 Å². The van der Waals surface area contributed by atoms with Crippen molar-refractivity contribution < 1.29 is 4.42 Å². The summed E-state index contributed by atoms with van der Waals surface area (Å²) in [5.74, 6) is 0. The van der Waals surface area contributed by atoms with Crippen LogP contribution in [0.1, 0.15) is 30.0 Å². The highest BCUT2D eigenvalue weighted by Gasteiger charge is 2.14. The molecule has 1 heterocycles. The quantitative estimate of drug-likeness (QED) is 0.706. The first-order valence-electron chi connectivity index (χ1n) is 7.56. The van der Waals surface area contributed by atoms with Crippen molar-refractivity contribution in [2.45, 2.75) is 25.3 Å². The van der Waals surface area contributed by atoms with Crippen LogP contribution in [-0.2, 0) is 6.42 Å². The molecule has 0 saturated carbocycles. The van der Waals surface area contributed by atoms with Crippen molar-refractivity contribution in [3.63, 3.8) is 0 Å². The summed E-state index contributed by atoms with van der Waals surface area (Å²) in [6.45, 7) is 0. The number of nitrogens with one attached hydrogen (secondary N) is 1. The Kier molecular flexibility index (Phi) is 4.37. The minimum atomic E-state index is 0.345. The van der Waals surface area contributed by atoms with Crippen molar-refractivity contribution in [3.05, 3.63) is 72.0 Å². The summed E-state index contributed by atoms with van der Waals surface area (Å²) in [5.41, 5.74) is 3.64. The van der Waals surface area contributed by atoms with Gasteiger partial charge in [0.2, 0.25) is 0 Å². The van der Waals surface area contributed by atoms with E-state index < -0.39 is 0 Å². The zero-order valence-electron chi connectivity index (χ0n) is 12.4. The van der Waals surface area contributed by atoms with Gasteiger partial charge in [0.25, 0.3) is 0 Å². The van der Waals surface area contributed by atoms with E-state index in [0.29, 0.717) is 6.04 Å². The highest BCUT2D eigenvalue weighted by molar-refractivity contribution is 5.81. The molecule has 3 rings (SSSR count). The maximum Gasteiger partial charge on any atom is 0.134 e. The second kappa shape index (κ2) is 6.59. The number of hydrogen-bond donors (Lipinski definition) is 1. The molecule has 2 nitrogen and oxygen atoms in total. The van der Waals surface area contributed by atoms with Crippen molar-refractivity contribution in [3.8, 4) is 0 Å². The highest BCUT2D eigenvalue weighted by atomic mass is 16.3. The summed E-state index contributed by atoms with van der Waals surface area (Å²) in [6, 6.07) is 19.3. The maximum atomic E-state index is 5.66. The van der Waals surface area contributed by atoms with Crippen LogP contribution in [0.4, 0.5) is 0 Å². The van der Waals surface area contributed by atoms with Crippen LogP contribution in [-0.4, -0.2) is 7.05 Å². The molecule has 0 radical (unpaired) electrons. The van der Waals surface area contributed by atoms with Gasteiger partial charge in [-0.25, -0.2) is 0 Å². The van der Waals surface area contributed by atoms with Gasteiger partial charge in [0.15, 0.2) is 0 Å². The number of aryl methyl sites for hydroxylation is 1. The molecule has 108 valence electrons. The first-order valence-corrected chi connectivity index (χ1v) is 7.56. The summed E-state index contributed by atoms with van der Waals surface area (Å²) in [5, 5.41) is 4.64. The van der Waals surface area contributed by atoms with Gasteiger partial charge in [-0.3, -0.25) is 0 Å². The second-order valence-corrected chi connectivity index (χ2v) is 5.41. The fraction of sp³-hybridized carbons (Fsp3) is 0.263. The molecule has 1 unspecified atom stereocenters. The van der Waals surface area contributed by atoms with Crippen molar-refractivity contribution in [1.29, 1.82) is 0 Å². The molecule has 1 atom stereocenters. The van der Waals surface area contributed by atoms with Crippen molar-refractivity contribution in [1.82, 2.24) is 5.32 Å². The number of fused-ring (bicyclic) bond motifs is 1. The van der Waals surface area contributed by atoms with E-state index in [0.717, 1.165) is 24.8 Å². The lowest BCUT2D eigenvalue weighted by molar-refractivity contribution is 0.517. The second-order valence-electron chi connectivity index (χ2n) is 5.41. The number of rotatable bonds is 6. The molecular weight excluding hydrogens is 258 g/mol. The third-order valence-electron chi connectivity index (χ3n) is 4.04. The molecule has 3 aromatic rings. The predicted octanol–water partition coefficient (Wildman–Crippen LogP) is 4.72. The highest BCUT2D eigenvalue weighted by Crippen LogP contribution is 2.29. The Hall–Kier alpha value is -2.06. The van der Waals surface area contributed by atoms with Gasteiger partial charge < -0.3 is 9.73 Å². The average Bonchev–Trinajstić information content (AvgIpc) is 2.97. The van der Waals surface area contributed by atoms with Crippen molar-refractivity contribution >= 4 is 11.0 Å². The van der Waals surface area contributed by atoms with Crippen molar-refractivity contribution in [2.75, 3.05) is 7.05 Å². The molecule has 0 bridgehead atoms. The molecule has 2 heteroatoms. The Morgan fingerprint density at radius 2 is 1.76 bits per heavy atom. The first kappa shape index (κ1) is 13.9. The minimum absolute atomic E-state index is 0.345. The van der Waals surface area contributed by atoms with Gasteiger partial charge >= 0.3 is 0 Å². The van der Waals surface area contributed by atoms with E-state index in [1.54, 1.807) is 0 Å². The zero-order chi connectivity index (χ0) is 14.5. The topological polar surface area (TPSA) is 25.2 Å². The molecule has 0 aliphatic rings. The molecule has 0 amide bonds. The monoisotopic (exact) mass is 279 g/mol. The summed E-state index contributed by atoms with van der Waals surface area (Å²) < 4.78 is 5.66. The van der Waals surface area contributed by atoms with Gasteiger partial charge in [-0.05, 0) is 37.9 Å². The molecule has 0 aliphatic heterocycles. The van der Waals surface area contributed by atoms with Crippen LogP contribution in [0.5, 0.6) is 0 Å². The number of hydrogen-bond acceptors (Lipinski definition) is 2. The molecule has 0 fully saturated rings. The van der Waals surface area contributed by atoms with E-state index in [2.05, 4.69) is 47.8 Å². The number of furan rings is 1. The third-order valence-corrected chi connectivity index (χ3v) is 4.04. The smallest absolute Gasteiger partial charge is 0.134 e. The Morgan fingerprint density at radius 3 is 2.57 bits per heavy atom. The van der Waals surface area contributed by atoms with Gasteiger partial charge in [0.1, 0.15) is 5.58 Å². The van der Waals surface area contributed by atoms with Crippen LogP contribution in [0.15, 0.2) is 65.3 Å². The van der Waals surface area contributed by atoms with Crippen molar-refractivity contribution in [2.24, 2.45) is 0 Å². The SMILES string of the molecule is CNC(CCCc1ccccc1)c1coc2ccccc12. The summed E-state index contributed by atoms with van der Waals surface area (Å²) >= 11 is 0. The fourth-order valence-corrected chi connectivity index (χ4v) is 2.88. The van der Waals surface area contributed by atoms with E-state index in [9.17, 15) is 0 Å². The van der Waals surface area contributed by atoms with E-state index in [4.69, 9.17) is 4.42 Å². The molecule has 1 N–H and O–H groups in total. The molecule has 2 aromatic carbocycles. The van der Waals surface area contributed by atoms with Gasteiger partial charge in [-0.15, -0.1) is 0 Å². The Bertz CT molecular complexity index is 687. The lowest BCUT2D eigenvalue weighted by atomic mass is 9.99. The van der Waals surface area contributed by atoms with Crippen LogP contribution in [0.2, 0.25) is 0 Å². The third kappa shape index (κ3) is 3.17. The van der Waals surface area contributed by atoms with E-state index >= 15 is 0 Å². The molecule has 1 aromatic heterocycles. The summed E-state index contributed by atoms with van der Waals surface area (Å²) in [7, 11) is 2.02. The lowest BCUT2D eigenvalue weighted by Crippen LogP contribution is -2.16. The molecule has 0 spiro atoms. The molecule has 21 heavy (non-hydrogen) atoms. The van der Waals surface area contributed by atoms with Crippen LogP contribution in [0, 0.1) is 0 Å². The lowest BCUT2D eigenvalue weighted by Gasteiger charge is -2.15. The summed E-state index contributed by atoms with van der Waals surface area (Å²) in [4.78, 5) is 0. The Labute approximate surface area is 125 Å². The van der Waals surface area contributed by atoms with E-state index in [1.807, 2.05) is 25.4 Å². The average molecular weight is 279 g/mol. The number of para-hydroxylation sites is 1. The van der Waals surface area contributed by atoms with Crippen LogP contribution in [0.25, 0.3) is 11.0 Å². The van der Waals surface area contributed by atoms with Crippen LogP contribution in [0.3, 0.4) is 0 Å². The molecular formula is C19H21NO. The first-order chi connectivity index (χ1) is 10.4. The standard InChI is InChI=1S/C19H21NO/c1-20-18(12-7-10-15-8-3-2-4-9-15)17-14-21-19-13-6-5-11-16(17)19/h2-6,8-9,11,13-14,18,20H,7,10,12H2,1H3. The normalized spacial score (nSPS) is 12.6. The van der Waals surface area contributed by atoms with Gasteiger partial charge in [0.05, 0.1) is 6.26 Å². The maximum absolute atomic E-state index is 5.66.